The van der Waals surface area contributed by atoms with Gasteiger partial charge in [0.25, 0.3) is 0 Å². The molecule has 0 aromatic heterocycles. The third kappa shape index (κ3) is 1.78. The highest BCUT2D eigenvalue weighted by Gasteiger charge is 2.34. The molecule has 12 heavy (non-hydrogen) atoms. The molecule has 1 N–H and O–H groups in total. The van der Waals surface area contributed by atoms with E-state index in [1.807, 2.05) is 0 Å². The van der Waals surface area contributed by atoms with Gasteiger partial charge in [-0.1, -0.05) is 0 Å². The van der Waals surface area contributed by atoms with Crippen molar-refractivity contribution in [3.63, 3.8) is 0 Å². The molecule has 1 rings (SSSR count). The van der Waals surface area contributed by atoms with Crippen molar-refractivity contribution in [2.24, 2.45) is 5.41 Å². The van der Waals surface area contributed by atoms with Crippen LogP contribution in [0.2, 0.25) is 0 Å². The van der Waals surface area contributed by atoms with Gasteiger partial charge in [0, 0.05) is 12.6 Å². The summed E-state index contributed by atoms with van der Waals surface area (Å²) in [5.41, 5.74) is -0.602. The molecule has 0 aliphatic carbocycles. The molecule has 1 heterocycles. The van der Waals surface area contributed by atoms with E-state index in [1.165, 1.54) is 6.42 Å². The van der Waals surface area contributed by atoms with Crippen LogP contribution in [0.1, 0.15) is 27.2 Å². The molecule has 0 radical (unpaired) electrons. The minimum Gasteiger partial charge on any atom is -0.481 e. The third-order valence-corrected chi connectivity index (χ3v) is 2.63. The number of carboxylic acid groups (broad SMARTS) is 1. The molecule has 1 atom stereocenters. The second kappa shape index (κ2) is 3.05. The van der Waals surface area contributed by atoms with Crippen molar-refractivity contribution in [2.75, 3.05) is 13.1 Å². The third-order valence-electron chi connectivity index (χ3n) is 2.63. The quantitative estimate of drug-likeness (QED) is 0.693. The Morgan fingerprint density at radius 2 is 2.25 bits per heavy atom. The topological polar surface area (TPSA) is 40.5 Å². The van der Waals surface area contributed by atoms with Gasteiger partial charge in [-0.3, -0.25) is 9.69 Å². The zero-order valence-corrected chi connectivity index (χ0v) is 8.00. The van der Waals surface area contributed by atoms with Crippen molar-refractivity contribution in [2.45, 2.75) is 33.2 Å². The van der Waals surface area contributed by atoms with E-state index in [1.54, 1.807) is 13.8 Å². The van der Waals surface area contributed by atoms with Gasteiger partial charge in [0.05, 0.1) is 5.41 Å². The van der Waals surface area contributed by atoms with Gasteiger partial charge in [0.1, 0.15) is 0 Å². The maximum atomic E-state index is 10.8. The first-order valence-electron chi connectivity index (χ1n) is 4.41. The number of nitrogens with zero attached hydrogens (tertiary/aromatic N) is 1. The summed E-state index contributed by atoms with van der Waals surface area (Å²) < 4.78 is 0. The molecule has 0 spiro atoms. The Morgan fingerprint density at radius 3 is 2.50 bits per heavy atom. The van der Waals surface area contributed by atoms with Gasteiger partial charge in [0.2, 0.25) is 0 Å². The Balaban J connectivity index is 2.44. The number of carboxylic acids is 1. The second-order valence-electron chi connectivity index (χ2n) is 4.30. The molecule has 0 aromatic rings. The maximum absolute atomic E-state index is 10.8. The first-order valence-corrected chi connectivity index (χ1v) is 4.41. The molecule has 1 unspecified atom stereocenters. The maximum Gasteiger partial charge on any atom is 0.310 e. The molecule has 1 aliphatic heterocycles. The van der Waals surface area contributed by atoms with Crippen molar-refractivity contribution in [3.8, 4) is 0 Å². The average Bonchev–Trinajstić information content (AvgIpc) is 1.97. The number of likely N-dealkylation sites (tertiary alicyclic amines) is 1. The SMILES string of the molecule is CC1CCN1CC(C)(C)C(=O)O. The van der Waals surface area contributed by atoms with Crippen LogP contribution in [0.25, 0.3) is 0 Å². The molecule has 0 aromatic carbocycles. The highest BCUT2D eigenvalue weighted by molar-refractivity contribution is 5.73. The minimum absolute atomic E-state index is 0.573. The lowest BCUT2D eigenvalue weighted by atomic mass is 9.90. The van der Waals surface area contributed by atoms with Crippen LogP contribution in [-0.4, -0.2) is 35.1 Å². The van der Waals surface area contributed by atoms with E-state index in [9.17, 15) is 4.79 Å². The zero-order valence-electron chi connectivity index (χ0n) is 8.00. The first-order chi connectivity index (χ1) is 5.43. The Hall–Kier alpha value is -0.570. The molecule has 1 saturated heterocycles. The lowest BCUT2D eigenvalue weighted by Gasteiger charge is -2.42. The molecule has 1 aliphatic rings. The molecule has 3 heteroatoms. The lowest BCUT2D eigenvalue weighted by Crippen LogP contribution is -2.51. The van der Waals surface area contributed by atoms with Crippen LogP contribution in [0.3, 0.4) is 0 Å². The van der Waals surface area contributed by atoms with E-state index in [4.69, 9.17) is 5.11 Å². The Kier molecular flexibility index (Phi) is 2.42. The largest absolute Gasteiger partial charge is 0.481 e. The van der Waals surface area contributed by atoms with Gasteiger partial charge in [0.15, 0.2) is 0 Å². The molecular formula is C9H17NO2. The summed E-state index contributed by atoms with van der Waals surface area (Å²) in [5.74, 6) is -0.707. The van der Waals surface area contributed by atoms with Crippen LogP contribution < -0.4 is 0 Å². The van der Waals surface area contributed by atoms with E-state index >= 15 is 0 Å². The fourth-order valence-corrected chi connectivity index (χ4v) is 1.38. The van der Waals surface area contributed by atoms with E-state index < -0.39 is 11.4 Å². The van der Waals surface area contributed by atoms with Crippen molar-refractivity contribution < 1.29 is 9.90 Å². The number of rotatable bonds is 3. The van der Waals surface area contributed by atoms with Crippen LogP contribution in [0.5, 0.6) is 0 Å². The van der Waals surface area contributed by atoms with Crippen LogP contribution in [0, 0.1) is 5.41 Å². The predicted molar refractivity (Wildman–Crippen MR) is 47.1 cm³/mol. The Bertz CT molecular complexity index is 189. The van der Waals surface area contributed by atoms with E-state index in [2.05, 4.69) is 11.8 Å². The fourth-order valence-electron chi connectivity index (χ4n) is 1.38. The van der Waals surface area contributed by atoms with Crippen molar-refractivity contribution in [1.29, 1.82) is 0 Å². The average molecular weight is 171 g/mol. The summed E-state index contributed by atoms with van der Waals surface area (Å²) in [4.78, 5) is 13.0. The van der Waals surface area contributed by atoms with E-state index in [0.29, 0.717) is 12.6 Å². The van der Waals surface area contributed by atoms with E-state index in [-0.39, 0.29) is 0 Å². The summed E-state index contributed by atoms with van der Waals surface area (Å²) in [6.45, 7) is 7.42. The predicted octanol–water partition coefficient (Wildman–Crippen LogP) is 1.19. The minimum atomic E-state index is -0.707. The number of carbonyl (C=O) groups is 1. The Morgan fingerprint density at radius 1 is 1.67 bits per heavy atom. The normalized spacial score (nSPS) is 25.1. The van der Waals surface area contributed by atoms with Gasteiger partial charge in [-0.2, -0.15) is 0 Å². The number of hydrogen-bond acceptors (Lipinski definition) is 2. The van der Waals surface area contributed by atoms with Crippen molar-refractivity contribution >= 4 is 5.97 Å². The van der Waals surface area contributed by atoms with Crippen LogP contribution >= 0.6 is 0 Å². The molecule has 70 valence electrons. The summed E-state index contributed by atoms with van der Waals surface area (Å²) in [6, 6.07) is 0.573. The molecule has 0 saturated carbocycles. The van der Waals surface area contributed by atoms with Crippen LogP contribution in [0.4, 0.5) is 0 Å². The van der Waals surface area contributed by atoms with Gasteiger partial charge >= 0.3 is 5.97 Å². The molecule has 1 fully saturated rings. The highest BCUT2D eigenvalue weighted by atomic mass is 16.4. The van der Waals surface area contributed by atoms with Crippen LogP contribution in [-0.2, 0) is 4.79 Å². The van der Waals surface area contributed by atoms with Gasteiger partial charge in [-0.05, 0) is 33.7 Å². The monoisotopic (exact) mass is 171 g/mol. The highest BCUT2D eigenvalue weighted by Crippen LogP contribution is 2.24. The smallest absolute Gasteiger partial charge is 0.310 e. The Labute approximate surface area is 73.4 Å². The lowest BCUT2D eigenvalue weighted by molar-refractivity contribution is -0.149. The van der Waals surface area contributed by atoms with Gasteiger partial charge in [-0.25, -0.2) is 0 Å². The summed E-state index contributed by atoms with van der Waals surface area (Å²) in [5, 5.41) is 8.87. The van der Waals surface area contributed by atoms with Gasteiger partial charge < -0.3 is 5.11 Å². The van der Waals surface area contributed by atoms with E-state index in [0.717, 1.165) is 6.54 Å². The fraction of sp³-hybridized carbons (Fsp3) is 0.889. The zero-order chi connectivity index (χ0) is 9.35. The number of aliphatic carboxylic acids is 1. The first kappa shape index (κ1) is 9.52. The molecule has 0 bridgehead atoms. The van der Waals surface area contributed by atoms with Crippen molar-refractivity contribution in [3.05, 3.63) is 0 Å². The van der Waals surface area contributed by atoms with Crippen LogP contribution in [0.15, 0.2) is 0 Å². The summed E-state index contributed by atoms with van der Waals surface area (Å²) >= 11 is 0. The molecular weight excluding hydrogens is 154 g/mol. The summed E-state index contributed by atoms with van der Waals surface area (Å²) in [7, 11) is 0. The van der Waals surface area contributed by atoms with Crippen molar-refractivity contribution in [1.82, 2.24) is 4.90 Å². The molecule has 3 nitrogen and oxygen atoms in total. The summed E-state index contributed by atoms with van der Waals surface area (Å²) in [6.07, 6.45) is 1.20. The van der Waals surface area contributed by atoms with Gasteiger partial charge in [-0.15, -0.1) is 0 Å². The molecule has 0 amide bonds. The standard InChI is InChI=1S/C9H17NO2/c1-7-4-5-10(7)6-9(2,3)8(11)12/h7H,4-6H2,1-3H3,(H,11,12). The number of hydrogen-bond donors (Lipinski definition) is 1. The second-order valence-corrected chi connectivity index (χ2v) is 4.30.